The Hall–Kier alpha value is -1.27. The third-order valence-corrected chi connectivity index (χ3v) is 3.97. The molecule has 94 valence electrons. The van der Waals surface area contributed by atoms with Crippen molar-refractivity contribution in [2.75, 3.05) is 23.7 Å². The zero-order valence-corrected chi connectivity index (χ0v) is 10.4. The molecule has 1 aromatic carbocycles. The molecule has 0 amide bonds. The van der Waals surface area contributed by atoms with Crippen LogP contribution in [0, 0.1) is 5.92 Å². The van der Waals surface area contributed by atoms with Gasteiger partial charge in [-0.05, 0) is 30.5 Å². The van der Waals surface area contributed by atoms with E-state index in [4.69, 9.17) is 10.3 Å². The van der Waals surface area contributed by atoms with E-state index in [2.05, 4.69) is 11.8 Å². The summed E-state index contributed by atoms with van der Waals surface area (Å²) in [7, 11) is -4.25. The standard InChI is InChI=1S/C11H16N2O3S/c1-8-4-5-13(7-8)9-2-3-10(12)11(6-9)17(14,15)16/h2-3,6,8H,4-5,7,12H2,1H3,(H,14,15,16). The van der Waals surface area contributed by atoms with Crippen LogP contribution in [0.3, 0.4) is 0 Å². The van der Waals surface area contributed by atoms with Crippen LogP contribution in [0.2, 0.25) is 0 Å². The quantitative estimate of drug-likeness (QED) is 0.616. The second-order valence-corrected chi connectivity index (χ2v) is 5.93. The minimum absolute atomic E-state index is 0.0727. The first-order valence-electron chi connectivity index (χ1n) is 5.50. The van der Waals surface area contributed by atoms with E-state index in [1.165, 1.54) is 12.1 Å². The molecule has 1 saturated heterocycles. The van der Waals surface area contributed by atoms with Crippen molar-refractivity contribution in [1.82, 2.24) is 0 Å². The lowest BCUT2D eigenvalue weighted by Crippen LogP contribution is -2.19. The Balaban J connectivity index is 2.38. The van der Waals surface area contributed by atoms with Crippen LogP contribution >= 0.6 is 0 Å². The first-order valence-corrected chi connectivity index (χ1v) is 6.94. The Morgan fingerprint density at radius 1 is 1.47 bits per heavy atom. The van der Waals surface area contributed by atoms with Gasteiger partial charge in [0.05, 0.1) is 5.69 Å². The van der Waals surface area contributed by atoms with Gasteiger partial charge in [-0.1, -0.05) is 6.92 Å². The number of nitrogen functional groups attached to an aromatic ring is 1. The van der Waals surface area contributed by atoms with E-state index in [-0.39, 0.29) is 10.6 Å². The first kappa shape index (κ1) is 12.2. The molecule has 1 fully saturated rings. The second kappa shape index (κ2) is 4.19. The Morgan fingerprint density at radius 3 is 2.71 bits per heavy atom. The lowest BCUT2D eigenvalue weighted by atomic mass is 10.2. The number of nitrogens with two attached hydrogens (primary N) is 1. The maximum absolute atomic E-state index is 11.1. The fourth-order valence-corrected chi connectivity index (χ4v) is 2.75. The van der Waals surface area contributed by atoms with Gasteiger partial charge in [-0.15, -0.1) is 0 Å². The minimum atomic E-state index is -4.25. The summed E-state index contributed by atoms with van der Waals surface area (Å²) < 4.78 is 31.3. The summed E-state index contributed by atoms with van der Waals surface area (Å²) >= 11 is 0. The molecule has 1 aliphatic rings. The van der Waals surface area contributed by atoms with E-state index in [9.17, 15) is 8.42 Å². The van der Waals surface area contributed by atoms with Crippen molar-refractivity contribution < 1.29 is 13.0 Å². The van der Waals surface area contributed by atoms with Gasteiger partial charge in [0.15, 0.2) is 0 Å². The van der Waals surface area contributed by atoms with Crippen molar-refractivity contribution in [3.05, 3.63) is 18.2 Å². The van der Waals surface area contributed by atoms with Crippen LogP contribution in [0.4, 0.5) is 11.4 Å². The van der Waals surface area contributed by atoms with E-state index >= 15 is 0 Å². The van der Waals surface area contributed by atoms with Crippen molar-refractivity contribution in [2.45, 2.75) is 18.2 Å². The molecule has 0 aliphatic carbocycles. The number of hydrogen-bond acceptors (Lipinski definition) is 4. The summed E-state index contributed by atoms with van der Waals surface area (Å²) in [5.74, 6) is 0.599. The van der Waals surface area contributed by atoms with Gasteiger partial charge in [0.2, 0.25) is 0 Å². The highest BCUT2D eigenvalue weighted by molar-refractivity contribution is 7.86. The van der Waals surface area contributed by atoms with E-state index < -0.39 is 10.1 Å². The number of nitrogens with zero attached hydrogens (tertiary/aromatic N) is 1. The molecule has 0 aromatic heterocycles. The average molecular weight is 256 g/mol. The van der Waals surface area contributed by atoms with E-state index in [1.807, 2.05) is 0 Å². The van der Waals surface area contributed by atoms with Gasteiger partial charge >= 0.3 is 0 Å². The van der Waals surface area contributed by atoms with Crippen LogP contribution < -0.4 is 10.6 Å². The topological polar surface area (TPSA) is 83.6 Å². The summed E-state index contributed by atoms with van der Waals surface area (Å²) in [6, 6.07) is 4.73. The highest BCUT2D eigenvalue weighted by Gasteiger charge is 2.21. The van der Waals surface area contributed by atoms with E-state index in [1.54, 1.807) is 6.07 Å². The molecule has 3 N–H and O–H groups in total. The Labute approximate surface area is 101 Å². The molecule has 5 nitrogen and oxygen atoms in total. The zero-order chi connectivity index (χ0) is 12.6. The predicted octanol–water partition coefficient (Wildman–Crippen LogP) is 1.36. The summed E-state index contributed by atoms with van der Waals surface area (Å²) in [6.45, 7) is 3.95. The molecule has 1 heterocycles. The van der Waals surface area contributed by atoms with Crippen LogP contribution in [0.1, 0.15) is 13.3 Å². The summed E-state index contributed by atoms with van der Waals surface area (Å²) in [6.07, 6.45) is 1.09. The Bertz CT molecular complexity index is 528. The monoisotopic (exact) mass is 256 g/mol. The Kier molecular flexibility index (Phi) is 3.01. The molecule has 1 atom stereocenters. The number of anilines is 2. The normalized spacial score (nSPS) is 20.8. The molecule has 0 saturated carbocycles. The molecule has 1 unspecified atom stereocenters. The van der Waals surface area contributed by atoms with Gasteiger partial charge in [0, 0.05) is 18.8 Å². The van der Waals surface area contributed by atoms with Crippen molar-refractivity contribution in [2.24, 2.45) is 5.92 Å². The van der Waals surface area contributed by atoms with Crippen LogP contribution in [0.5, 0.6) is 0 Å². The van der Waals surface area contributed by atoms with Crippen LogP contribution in [0.25, 0.3) is 0 Å². The van der Waals surface area contributed by atoms with Crippen molar-refractivity contribution in [3.8, 4) is 0 Å². The number of benzene rings is 1. The molecular formula is C11H16N2O3S. The molecule has 1 aliphatic heterocycles. The molecule has 0 bridgehead atoms. The summed E-state index contributed by atoms with van der Waals surface area (Å²) in [5.41, 5.74) is 6.40. The fraction of sp³-hybridized carbons (Fsp3) is 0.455. The number of hydrogen-bond donors (Lipinski definition) is 2. The lowest BCUT2D eigenvalue weighted by molar-refractivity contribution is 0.483. The molecule has 17 heavy (non-hydrogen) atoms. The van der Waals surface area contributed by atoms with Crippen molar-refractivity contribution in [1.29, 1.82) is 0 Å². The zero-order valence-electron chi connectivity index (χ0n) is 9.63. The molecule has 0 radical (unpaired) electrons. The first-order chi connectivity index (χ1) is 7.88. The molecule has 0 spiro atoms. The van der Waals surface area contributed by atoms with Gasteiger partial charge in [0.25, 0.3) is 10.1 Å². The van der Waals surface area contributed by atoms with Crippen LogP contribution in [-0.2, 0) is 10.1 Å². The number of rotatable bonds is 2. The SMILES string of the molecule is CC1CCN(c2ccc(N)c(S(=O)(=O)O)c2)C1. The lowest BCUT2D eigenvalue weighted by Gasteiger charge is -2.19. The fourth-order valence-electron chi connectivity index (χ4n) is 2.11. The highest BCUT2D eigenvalue weighted by atomic mass is 32.2. The maximum atomic E-state index is 11.1. The molecular weight excluding hydrogens is 240 g/mol. The van der Waals surface area contributed by atoms with Gasteiger partial charge in [-0.3, -0.25) is 4.55 Å². The largest absolute Gasteiger partial charge is 0.398 e. The summed E-state index contributed by atoms with van der Waals surface area (Å²) in [5, 5.41) is 0. The Morgan fingerprint density at radius 2 is 2.18 bits per heavy atom. The van der Waals surface area contributed by atoms with Crippen LogP contribution in [0.15, 0.2) is 23.1 Å². The predicted molar refractivity (Wildman–Crippen MR) is 66.7 cm³/mol. The third-order valence-electron chi connectivity index (χ3n) is 3.06. The summed E-state index contributed by atoms with van der Waals surface area (Å²) in [4.78, 5) is 1.88. The molecule has 6 heteroatoms. The molecule has 2 rings (SSSR count). The van der Waals surface area contributed by atoms with Crippen LogP contribution in [-0.4, -0.2) is 26.1 Å². The average Bonchev–Trinajstić information content (AvgIpc) is 2.64. The smallest absolute Gasteiger partial charge is 0.296 e. The van der Waals surface area contributed by atoms with Gasteiger partial charge < -0.3 is 10.6 Å². The third kappa shape index (κ3) is 2.53. The second-order valence-electron chi connectivity index (χ2n) is 4.54. The molecule has 1 aromatic rings. The van der Waals surface area contributed by atoms with Crippen molar-refractivity contribution >= 4 is 21.5 Å². The van der Waals surface area contributed by atoms with E-state index in [0.29, 0.717) is 5.92 Å². The van der Waals surface area contributed by atoms with Gasteiger partial charge in [0.1, 0.15) is 4.90 Å². The minimum Gasteiger partial charge on any atom is -0.398 e. The van der Waals surface area contributed by atoms with Crippen molar-refractivity contribution in [3.63, 3.8) is 0 Å². The van der Waals surface area contributed by atoms with E-state index in [0.717, 1.165) is 25.2 Å². The maximum Gasteiger partial charge on any atom is 0.296 e. The highest BCUT2D eigenvalue weighted by Crippen LogP contribution is 2.28. The van der Waals surface area contributed by atoms with Gasteiger partial charge in [-0.2, -0.15) is 8.42 Å². The van der Waals surface area contributed by atoms with Gasteiger partial charge in [-0.25, -0.2) is 0 Å².